The van der Waals surface area contributed by atoms with Crippen molar-refractivity contribution in [2.45, 2.75) is 78.6 Å². The van der Waals surface area contributed by atoms with Gasteiger partial charge in [0.05, 0.1) is 33.4 Å². The maximum atomic E-state index is 6.90. The van der Waals surface area contributed by atoms with Crippen LogP contribution >= 0.6 is 0 Å². The van der Waals surface area contributed by atoms with E-state index in [0.717, 1.165) is 56.1 Å². The van der Waals surface area contributed by atoms with Gasteiger partial charge in [-0.1, -0.05) is 258 Å². The Bertz CT molecular complexity index is 4140. The second kappa shape index (κ2) is 19.8. The Morgan fingerprint density at radius 3 is 1.59 bits per heavy atom. The molecule has 0 amide bonds. The fourth-order valence-corrected chi connectivity index (χ4v) is 16.2. The predicted octanol–water partition coefficient (Wildman–Crippen LogP) is 15.6. The molecule has 0 atom stereocenters. The molecule has 0 radical (unpaired) electrons. The minimum absolute atomic E-state index is 0.0282. The predicted molar refractivity (Wildman–Crippen MR) is 337 cm³/mol. The topological polar surface area (TPSA) is 35.9 Å². The first-order valence-corrected chi connectivity index (χ1v) is 33.7. The standard InChI is InChI=1S/C72H68N4OSi2/c1-71(2,3)52-40-41-73-69(46-52)76-65-35-18-17-34-61(65)62-39-38-56(48-68(62)76)77-55-27-23-26-54(47-55)74-49-75(67-37-20-19-36-66(67)74)70-63(50-24-21-32-59(42-50)78(7,8)57-28-13-11-14-29-57)44-53(72(4,5)6)45-64(70)51-25-22-33-60(43-51)79(9,10)58-30-15-12-16-31-58/h11-48H,1-10H3. The molecule has 0 saturated heterocycles. The van der Waals surface area contributed by atoms with Gasteiger partial charge in [0, 0.05) is 23.0 Å². The fourth-order valence-electron chi connectivity index (χ4n) is 11.4. The summed E-state index contributed by atoms with van der Waals surface area (Å²) in [6.07, 6.45) is 5.92. The molecule has 12 aromatic rings. The van der Waals surface area contributed by atoms with Crippen LogP contribution in [0.4, 0.5) is 0 Å². The molecule has 0 spiro atoms. The summed E-state index contributed by atoms with van der Waals surface area (Å²) in [6, 6.07) is 82.3. The molecule has 0 bridgehead atoms. The second-order valence-electron chi connectivity index (χ2n) is 24.4. The van der Waals surface area contributed by atoms with Crippen LogP contribution in [0.1, 0.15) is 52.7 Å². The first kappa shape index (κ1) is 51.4. The van der Waals surface area contributed by atoms with Crippen molar-refractivity contribution >= 4 is 69.7 Å². The zero-order valence-corrected chi connectivity index (χ0v) is 49.1. The Morgan fingerprint density at radius 2 is 0.975 bits per heavy atom. The van der Waals surface area contributed by atoms with Crippen LogP contribution in [0.2, 0.25) is 26.2 Å². The van der Waals surface area contributed by atoms with Crippen LogP contribution in [0.3, 0.4) is 0 Å². The van der Waals surface area contributed by atoms with Crippen LogP contribution < -0.4 is 30.1 Å². The summed E-state index contributed by atoms with van der Waals surface area (Å²) in [5.41, 5.74) is 13.3. The van der Waals surface area contributed by atoms with Gasteiger partial charge in [0.2, 0.25) is 0 Å². The van der Waals surface area contributed by atoms with E-state index in [9.17, 15) is 0 Å². The molecule has 3 heterocycles. The summed E-state index contributed by atoms with van der Waals surface area (Å²) in [4.78, 5) is 4.93. The van der Waals surface area contributed by atoms with Crippen molar-refractivity contribution in [3.8, 4) is 50.9 Å². The van der Waals surface area contributed by atoms with Gasteiger partial charge in [0.25, 0.3) is 6.33 Å². The molecule has 7 heteroatoms. The smallest absolute Gasteiger partial charge is 0.269 e. The lowest BCUT2D eigenvalue weighted by Gasteiger charge is -2.28. The molecule has 390 valence electrons. The van der Waals surface area contributed by atoms with E-state index < -0.39 is 16.1 Å². The zero-order valence-electron chi connectivity index (χ0n) is 47.1. The van der Waals surface area contributed by atoms with Crippen molar-refractivity contribution in [2.75, 3.05) is 0 Å². The molecular weight excluding hydrogens is 993 g/mol. The van der Waals surface area contributed by atoms with Crippen molar-refractivity contribution in [2.24, 2.45) is 0 Å². The van der Waals surface area contributed by atoms with Crippen LogP contribution in [-0.2, 0) is 10.8 Å². The Hall–Kier alpha value is -8.37. The number of ether oxygens (including phenoxy) is 1. The largest absolute Gasteiger partial charge is 0.458 e. The highest BCUT2D eigenvalue weighted by atomic mass is 28.3. The number of benzene rings is 9. The summed E-state index contributed by atoms with van der Waals surface area (Å²) in [7, 11) is -4.20. The van der Waals surface area contributed by atoms with Crippen molar-refractivity contribution in [1.82, 2.24) is 14.1 Å². The molecule has 0 fully saturated rings. The van der Waals surface area contributed by atoms with Gasteiger partial charge in [0.15, 0.2) is 0 Å². The number of pyridine rings is 1. The molecule has 0 aliphatic heterocycles. The first-order chi connectivity index (χ1) is 37.9. The van der Waals surface area contributed by atoms with Gasteiger partial charge in [-0.15, -0.1) is 0 Å². The molecule has 9 aromatic carbocycles. The summed E-state index contributed by atoms with van der Waals surface area (Å²) in [5.74, 6) is 2.36. The maximum Gasteiger partial charge on any atom is 0.269 e. The van der Waals surface area contributed by atoms with E-state index in [-0.39, 0.29) is 10.8 Å². The average molecular weight is 1060 g/mol. The number of hydrogen-bond acceptors (Lipinski definition) is 2. The highest BCUT2D eigenvalue weighted by Gasteiger charge is 2.30. The average Bonchev–Trinajstić information content (AvgIpc) is 4.24. The van der Waals surface area contributed by atoms with Gasteiger partial charge in [-0.3, -0.25) is 13.7 Å². The van der Waals surface area contributed by atoms with Crippen LogP contribution in [0.15, 0.2) is 231 Å². The van der Waals surface area contributed by atoms with E-state index in [1.165, 1.54) is 59.5 Å². The lowest BCUT2D eigenvalue weighted by Crippen LogP contribution is -2.52. The lowest BCUT2D eigenvalue weighted by molar-refractivity contribution is -0.571. The van der Waals surface area contributed by atoms with Crippen molar-refractivity contribution in [1.29, 1.82) is 0 Å². The van der Waals surface area contributed by atoms with Gasteiger partial charge >= 0.3 is 0 Å². The van der Waals surface area contributed by atoms with Crippen LogP contribution in [-0.4, -0.2) is 30.3 Å². The third-order valence-electron chi connectivity index (χ3n) is 16.3. The van der Waals surface area contributed by atoms with Gasteiger partial charge in [-0.2, -0.15) is 0 Å². The quantitative estimate of drug-likeness (QED) is 0.0735. The maximum absolute atomic E-state index is 6.90. The summed E-state index contributed by atoms with van der Waals surface area (Å²) >= 11 is 0. The van der Waals surface area contributed by atoms with Crippen LogP contribution in [0, 0.1) is 6.33 Å². The second-order valence-corrected chi connectivity index (χ2v) is 33.2. The van der Waals surface area contributed by atoms with E-state index in [1.54, 1.807) is 0 Å². The Balaban J connectivity index is 1.03. The fraction of sp³-hybridized carbons (Fsp3) is 0.167. The Kier molecular flexibility index (Phi) is 12.9. The SMILES string of the molecule is CC(C)(C)c1ccnc(-n2c3ccccc3c3ccc(Oc4cccc(-n5[c-][n+](-c6c(-c7cccc([Si](C)(C)c8ccccc8)c7)cc(C(C)(C)C)cc6-c6cccc([Si](C)(C)c7ccccc7)c6)c6ccccc65)c4)cc32)c1. The number of nitrogens with zero attached hydrogens (tertiary/aromatic N) is 4. The molecule has 79 heavy (non-hydrogen) atoms. The Labute approximate surface area is 468 Å². The molecule has 12 rings (SSSR count). The van der Waals surface area contributed by atoms with Crippen LogP contribution in [0.5, 0.6) is 11.5 Å². The number of aromatic nitrogens is 4. The number of fused-ring (bicyclic) bond motifs is 4. The minimum Gasteiger partial charge on any atom is -0.458 e. The third kappa shape index (κ3) is 9.55. The van der Waals surface area contributed by atoms with E-state index in [0.29, 0.717) is 0 Å². The van der Waals surface area contributed by atoms with Crippen molar-refractivity contribution in [3.05, 3.63) is 248 Å². The third-order valence-corrected chi connectivity index (χ3v) is 23.4. The normalized spacial score (nSPS) is 12.4. The van der Waals surface area contributed by atoms with Crippen molar-refractivity contribution < 1.29 is 9.30 Å². The monoisotopic (exact) mass is 1060 g/mol. The van der Waals surface area contributed by atoms with Crippen molar-refractivity contribution in [3.63, 3.8) is 0 Å². The molecule has 0 unspecified atom stereocenters. The van der Waals surface area contributed by atoms with Gasteiger partial charge < -0.3 is 4.74 Å². The van der Waals surface area contributed by atoms with Gasteiger partial charge in [0.1, 0.15) is 33.5 Å². The number of rotatable bonds is 11. The summed E-state index contributed by atoms with van der Waals surface area (Å²) in [5, 5.41) is 7.93. The zero-order chi connectivity index (χ0) is 54.8. The van der Waals surface area contributed by atoms with E-state index in [4.69, 9.17) is 9.72 Å². The highest BCUT2D eigenvalue weighted by molar-refractivity contribution is 7.01. The molecule has 0 aliphatic rings. The molecular formula is C72H68N4OSi2. The number of para-hydroxylation sites is 3. The molecule has 0 N–H and O–H groups in total. The van der Waals surface area contributed by atoms with Gasteiger partial charge in [-0.05, 0) is 92.7 Å². The van der Waals surface area contributed by atoms with Gasteiger partial charge in [-0.25, -0.2) is 4.98 Å². The molecule has 5 nitrogen and oxygen atoms in total. The minimum atomic E-state index is -2.10. The van der Waals surface area contributed by atoms with E-state index in [1.807, 2.05) is 12.3 Å². The number of imidazole rings is 1. The summed E-state index contributed by atoms with van der Waals surface area (Å²) < 4.78 is 13.7. The number of hydrogen-bond donors (Lipinski definition) is 0. The molecule has 0 aliphatic carbocycles. The highest BCUT2D eigenvalue weighted by Crippen LogP contribution is 2.40. The van der Waals surface area contributed by atoms with Crippen LogP contribution in [0.25, 0.3) is 72.3 Å². The first-order valence-electron chi connectivity index (χ1n) is 27.7. The summed E-state index contributed by atoms with van der Waals surface area (Å²) in [6.45, 7) is 23.6. The van der Waals surface area contributed by atoms with E-state index >= 15 is 0 Å². The molecule has 0 saturated carbocycles. The lowest BCUT2D eigenvalue weighted by atomic mass is 9.82. The van der Waals surface area contributed by atoms with E-state index in [2.05, 4.69) is 306 Å². The molecule has 3 aromatic heterocycles. The Morgan fingerprint density at radius 1 is 0.443 bits per heavy atom.